The summed E-state index contributed by atoms with van der Waals surface area (Å²) in [5.74, 6) is 0.828. The van der Waals surface area contributed by atoms with E-state index in [1.165, 1.54) is 12.1 Å². The Kier molecular flexibility index (Phi) is 6.57. The number of benzene rings is 2. The number of hydrogen-bond donors (Lipinski definition) is 0. The van der Waals surface area contributed by atoms with Gasteiger partial charge in [0.05, 0.1) is 6.54 Å². The number of likely N-dealkylation sites (N-methyl/N-ethyl adjacent to an activating group) is 1. The molecule has 0 aliphatic heterocycles. The minimum Gasteiger partial charge on any atom is -0.492 e. The molecule has 0 bridgehead atoms. The van der Waals surface area contributed by atoms with Gasteiger partial charge < -0.3 is 14.4 Å². The Morgan fingerprint density at radius 3 is 2.36 bits per heavy atom. The Labute approximate surface area is 163 Å². The molecule has 1 amide bonds. The lowest BCUT2D eigenvalue weighted by molar-refractivity contribution is 0.0773. The van der Waals surface area contributed by atoms with Crippen molar-refractivity contribution in [1.82, 2.24) is 9.88 Å². The second kappa shape index (κ2) is 9.50. The Hall–Kier alpha value is -3.41. The van der Waals surface area contributed by atoms with Crippen LogP contribution in [0.15, 0.2) is 73.1 Å². The Morgan fingerprint density at radius 1 is 1.00 bits per heavy atom. The molecule has 1 heterocycles. The highest BCUT2D eigenvalue weighted by atomic mass is 19.1. The van der Waals surface area contributed by atoms with Gasteiger partial charge in [-0.2, -0.15) is 0 Å². The molecule has 0 atom stereocenters. The van der Waals surface area contributed by atoms with Gasteiger partial charge in [0.25, 0.3) is 5.91 Å². The fourth-order valence-electron chi connectivity index (χ4n) is 2.50. The van der Waals surface area contributed by atoms with Gasteiger partial charge in [-0.3, -0.25) is 9.78 Å². The number of carbonyl (C=O) groups is 1. The zero-order valence-corrected chi connectivity index (χ0v) is 15.5. The van der Waals surface area contributed by atoms with E-state index in [0.717, 1.165) is 5.56 Å². The van der Waals surface area contributed by atoms with Crippen molar-refractivity contribution in [3.63, 3.8) is 0 Å². The van der Waals surface area contributed by atoms with Crippen molar-refractivity contribution in [3.05, 3.63) is 90.0 Å². The van der Waals surface area contributed by atoms with Gasteiger partial charge in [0.2, 0.25) is 0 Å². The summed E-state index contributed by atoms with van der Waals surface area (Å²) >= 11 is 0. The summed E-state index contributed by atoms with van der Waals surface area (Å²) in [5.41, 5.74) is 1.54. The van der Waals surface area contributed by atoms with E-state index in [0.29, 0.717) is 36.8 Å². The zero-order chi connectivity index (χ0) is 19.8. The summed E-state index contributed by atoms with van der Waals surface area (Å²) in [6.07, 6.45) is 3.46. The van der Waals surface area contributed by atoms with Gasteiger partial charge in [-0.25, -0.2) is 4.39 Å². The summed E-state index contributed by atoms with van der Waals surface area (Å²) in [6.45, 7) is 1.15. The van der Waals surface area contributed by atoms with Crippen LogP contribution in [0.2, 0.25) is 0 Å². The fourth-order valence-corrected chi connectivity index (χ4v) is 2.50. The van der Waals surface area contributed by atoms with Gasteiger partial charge in [-0.05, 0) is 54.6 Å². The molecule has 3 aromatic rings. The van der Waals surface area contributed by atoms with E-state index in [9.17, 15) is 9.18 Å². The van der Waals surface area contributed by atoms with Crippen molar-refractivity contribution in [2.24, 2.45) is 0 Å². The van der Waals surface area contributed by atoms with Gasteiger partial charge in [0.1, 0.15) is 30.5 Å². The molecular weight excluding hydrogens is 359 g/mol. The average molecular weight is 380 g/mol. The first kappa shape index (κ1) is 19.4. The smallest absolute Gasteiger partial charge is 0.253 e. The minimum atomic E-state index is -0.312. The van der Waals surface area contributed by atoms with Crippen molar-refractivity contribution in [1.29, 1.82) is 0 Å². The molecule has 5 nitrogen and oxygen atoms in total. The summed E-state index contributed by atoms with van der Waals surface area (Å²) in [4.78, 5) is 18.1. The van der Waals surface area contributed by atoms with E-state index in [-0.39, 0.29) is 11.7 Å². The van der Waals surface area contributed by atoms with Gasteiger partial charge >= 0.3 is 0 Å². The van der Waals surface area contributed by atoms with Crippen LogP contribution in [0.1, 0.15) is 15.9 Å². The van der Waals surface area contributed by atoms with Crippen LogP contribution in [0.25, 0.3) is 0 Å². The highest BCUT2D eigenvalue weighted by molar-refractivity contribution is 5.94. The van der Waals surface area contributed by atoms with Gasteiger partial charge in [0, 0.05) is 30.6 Å². The first-order valence-corrected chi connectivity index (χ1v) is 8.87. The van der Waals surface area contributed by atoms with Crippen molar-refractivity contribution in [2.45, 2.75) is 6.61 Å². The molecule has 28 heavy (non-hydrogen) atoms. The van der Waals surface area contributed by atoms with Crippen molar-refractivity contribution in [2.75, 3.05) is 20.2 Å². The second-order valence-electron chi connectivity index (χ2n) is 6.20. The maximum absolute atomic E-state index is 12.9. The fraction of sp³-hybridized carbons (Fsp3) is 0.182. The number of aromatic nitrogens is 1. The van der Waals surface area contributed by atoms with E-state index in [1.54, 1.807) is 60.7 Å². The van der Waals surface area contributed by atoms with E-state index >= 15 is 0 Å². The lowest BCUT2D eigenvalue weighted by atomic mass is 10.2. The van der Waals surface area contributed by atoms with Crippen LogP contribution in [0.5, 0.6) is 11.5 Å². The molecule has 0 radical (unpaired) electrons. The molecule has 0 saturated heterocycles. The second-order valence-corrected chi connectivity index (χ2v) is 6.20. The van der Waals surface area contributed by atoms with Gasteiger partial charge in [-0.15, -0.1) is 0 Å². The summed E-state index contributed by atoms with van der Waals surface area (Å²) < 4.78 is 24.1. The van der Waals surface area contributed by atoms with E-state index in [2.05, 4.69) is 4.98 Å². The third-order valence-electron chi connectivity index (χ3n) is 4.09. The average Bonchev–Trinajstić information content (AvgIpc) is 2.74. The van der Waals surface area contributed by atoms with Crippen molar-refractivity contribution < 1.29 is 18.7 Å². The van der Waals surface area contributed by atoms with Crippen LogP contribution in [0, 0.1) is 5.82 Å². The highest BCUT2D eigenvalue weighted by Gasteiger charge is 2.12. The normalized spacial score (nSPS) is 10.4. The van der Waals surface area contributed by atoms with Crippen molar-refractivity contribution >= 4 is 5.91 Å². The third kappa shape index (κ3) is 5.54. The van der Waals surface area contributed by atoms with Crippen LogP contribution in [-0.2, 0) is 6.61 Å². The number of ether oxygens (including phenoxy) is 2. The van der Waals surface area contributed by atoms with Crippen LogP contribution < -0.4 is 9.47 Å². The topological polar surface area (TPSA) is 51.7 Å². The molecule has 0 unspecified atom stereocenters. The third-order valence-corrected chi connectivity index (χ3v) is 4.09. The number of hydrogen-bond acceptors (Lipinski definition) is 4. The lowest BCUT2D eigenvalue weighted by Gasteiger charge is -2.18. The maximum atomic E-state index is 12.9. The number of halogens is 1. The van der Waals surface area contributed by atoms with Crippen LogP contribution in [0.3, 0.4) is 0 Å². The van der Waals surface area contributed by atoms with Crippen LogP contribution in [-0.4, -0.2) is 36.0 Å². The molecule has 0 saturated carbocycles. The van der Waals surface area contributed by atoms with E-state index in [1.807, 2.05) is 12.1 Å². The molecule has 2 aromatic carbocycles. The number of amides is 1. The molecule has 1 aromatic heterocycles. The molecule has 144 valence electrons. The molecular formula is C22H21FN2O3. The lowest BCUT2D eigenvalue weighted by Crippen LogP contribution is -2.30. The highest BCUT2D eigenvalue weighted by Crippen LogP contribution is 2.15. The van der Waals surface area contributed by atoms with Crippen LogP contribution >= 0.6 is 0 Å². The standard InChI is InChI=1S/C22H21FN2O3/c1-25(13-14-27-20-10-6-19(23)7-11-20)22(26)18-4-8-21(9-5-18)28-16-17-3-2-12-24-15-17/h2-12,15H,13-14,16H2,1H3. The number of rotatable bonds is 8. The molecule has 3 rings (SSSR count). The predicted octanol–water partition coefficient (Wildman–Crippen LogP) is 3.95. The summed E-state index contributed by atoms with van der Waals surface area (Å²) in [6, 6.07) is 16.6. The SMILES string of the molecule is CN(CCOc1ccc(F)cc1)C(=O)c1ccc(OCc2cccnc2)cc1. The molecule has 0 spiro atoms. The minimum absolute atomic E-state index is 0.110. The van der Waals surface area contributed by atoms with E-state index < -0.39 is 0 Å². The van der Waals surface area contributed by atoms with Crippen molar-refractivity contribution in [3.8, 4) is 11.5 Å². The Morgan fingerprint density at radius 2 is 1.68 bits per heavy atom. The number of nitrogens with zero attached hydrogens (tertiary/aromatic N) is 2. The Bertz CT molecular complexity index is 884. The van der Waals surface area contributed by atoms with Crippen LogP contribution in [0.4, 0.5) is 4.39 Å². The largest absolute Gasteiger partial charge is 0.492 e. The molecule has 0 aliphatic rings. The number of pyridine rings is 1. The Balaban J connectivity index is 1.47. The first-order chi connectivity index (χ1) is 13.6. The zero-order valence-electron chi connectivity index (χ0n) is 15.5. The quantitative estimate of drug-likeness (QED) is 0.594. The monoisotopic (exact) mass is 380 g/mol. The molecule has 6 heteroatoms. The molecule has 0 N–H and O–H groups in total. The van der Waals surface area contributed by atoms with E-state index in [4.69, 9.17) is 9.47 Å². The summed E-state index contributed by atoms with van der Waals surface area (Å²) in [5, 5.41) is 0. The van der Waals surface area contributed by atoms with Gasteiger partial charge in [-0.1, -0.05) is 6.07 Å². The summed E-state index contributed by atoms with van der Waals surface area (Å²) in [7, 11) is 1.71. The predicted molar refractivity (Wildman–Crippen MR) is 104 cm³/mol. The molecule has 0 fully saturated rings. The first-order valence-electron chi connectivity index (χ1n) is 8.87. The molecule has 0 aliphatic carbocycles. The number of carbonyl (C=O) groups excluding carboxylic acids is 1. The van der Waals surface area contributed by atoms with Gasteiger partial charge in [0.15, 0.2) is 0 Å². The maximum Gasteiger partial charge on any atom is 0.253 e.